The topological polar surface area (TPSA) is 6.48 Å². The van der Waals surface area contributed by atoms with Gasteiger partial charge in [-0.1, -0.05) is 121 Å². The number of para-hydroxylation sites is 2. The molecular formula is C50H36N2. The molecule has 8 aromatic carbocycles. The molecule has 0 aromatic heterocycles. The van der Waals surface area contributed by atoms with E-state index in [4.69, 9.17) is 0 Å². The number of fused-ring (bicyclic) bond motifs is 6. The molecule has 0 saturated heterocycles. The molecule has 2 aliphatic rings. The molecule has 2 heteroatoms. The van der Waals surface area contributed by atoms with E-state index >= 15 is 0 Å². The van der Waals surface area contributed by atoms with Gasteiger partial charge >= 0.3 is 0 Å². The fourth-order valence-corrected chi connectivity index (χ4v) is 8.16. The molecule has 246 valence electrons. The van der Waals surface area contributed by atoms with E-state index in [-0.39, 0.29) is 0 Å². The zero-order valence-corrected chi connectivity index (χ0v) is 28.8. The first-order valence-corrected chi connectivity index (χ1v) is 18.1. The van der Waals surface area contributed by atoms with Gasteiger partial charge in [0.1, 0.15) is 0 Å². The Bertz CT molecular complexity index is 2370. The lowest BCUT2D eigenvalue weighted by Gasteiger charge is -2.27. The summed E-state index contributed by atoms with van der Waals surface area (Å²) in [6.45, 7) is 0. The van der Waals surface area contributed by atoms with E-state index in [9.17, 15) is 0 Å². The molecule has 0 amide bonds. The van der Waals surface area contributed by atoms with Gasteiger partial charge in [0.05, 0.1) is 0 Å². The van der Waals surface area contributed by atoms with Crippen LogP contribution in [0, 0.1) is 0 Å². The van der Waals surface area contributed by atoms with Crippen LogP contribution in [0.3, 0.4) is 0 Å². The van der Waals surface area contributed by atoms with Crippen LogP contribution in [0.25, 0.3) is 33.4 Å². The number of nitrogens with zero attached hydrogens (tertiary/aromatic N) is 2. The van der Waals surface area contributed by atoms with Gasteiger partial charge in [0.25, 0.3) is 0 Å². The summed E-state index contributed by atoms with van der Waals surface area (Å²) >= 11 is 0. The van der Waals surface area contributed by atoms with Crippen molar-refractivity contribution in [3.63, 3.8) is 0 Å². The SMILES string of the molecule is c1ccc(N(c2ccc(-c3ccc(N(c4ccccc4)c4ccc5c(c4)-c4ccccc4C5)cc3)cc2)c2ccc3c(c2)-c2ccccc2C3)cc1. The fourth-order valence-electron chi connectivity index (χ4n) is 8.16. The maximum Gasteiger partial charge on any atom is 0.0467 e. The van der Waals surface area contributed by atoms with Crippen LogP contribution >= 0.6 is 0 Å². The monoisotopic (exact) mass is 664 g/mol. The molecule has 2 aliphatic carbocycles. The molecule has 0 bridgehead atoms. The number of hydrogen-bond acceptors (Lipinski definition) is 2. The van der Waals surface area contributed by atoms with Crippen molar-refractivity contribution in [3.8, 4) is 33.4 Å². The summed E-state index contributed by atoms with van der Waals surface area (Å²) in [5, 5.41) is 0. The highest BCUT2D eigenvalue weighted by atomic mass is 15.1. The van der Waals surface area contributed by atoms with Crippen molar-refractivity contribution in [1.82, 2.24) is 0 Å². The van der Waals surface area contributed by atoms with Crippen molar-refractivity contribution in [3.05, 3.63) is 216 Å². The van der Waals surface area contributed by atoms with Gasteiger partial charge in [-0.3, -0.25) is 0 Å². The Hall–Kier alpha value is -6.64. The second-order valence-corrected chi connectivity index (χ2v) is 13.8. The Morgan fingerprint density at radius 2 is 0.577 bits per heavy atom. The second kappa shape index (κ2) is 12.6. The van der Waals surface area contributed by atoms with Gasteiger partial charge in [0.2, 0.25) is 0 Å². The van der Waals surface area contributed by atoms with Crippen molar-refractivity contribution in [1.29, 1.82) is 0 Å². The van der Waals surface area contributed by atoms with Crippen molar-refractivity contribution in [2.24, 2.45) is 0 Å². The Morgan fingerprint density at radius 3 is 1.00 bits per heavy atom. The van der Waals surface area contributed by atoms with Gasteiger partial charge < -0.3 is 9.80 Å². The van der Waals surface area contributed by atoms with Crippen LogP contribution in [0.2, 0.25) is 0 Å². The molecule has 8 aromatic rings. The lowest BCUT2D eigenvalue weighted by Crippen LogP contribution is -2.10. The van der Waals surface area contributed by atoms with E-state index in [0.29, 0.717) is 0 Å². The molecule has 0 saturated carbocycles. The van der Waals surface area contributed by atoms with E-state index in [1.54, 1.807) is 0 Å². The van der Waals surface area contributed by atoms with E-state index in [1.165, 1.54) is 55.6 Å². The van der Waals surface area contributed by atoms with Crippen LogP contribution in [0.15, 0.2) is 194 Å². The van der Waals surface area contributed by atoms with Crippen LogP contribution in [-0.2, 0) is 12.8 Å². The molecule has 10 rings (SSSR count). The highest BCUT2D eigenvalue weighted by Gasteiger charge is 2.22. The predicted octanol–water partition coefficient (Wildman–Crippen LogP) is 13.4. The molecule has 0 N–H and O–H groups in total. The van der Waals surface area contributed by atoms with Crippen molar-refractivity contribution < 1.29 is 0 Å². The minimum atomic E-state index is 0.996. The molecule has 0 aliphatic heterocycles. The fraction of sp³-hybridized carbons (Fsp3) is 0.0400. The summed E-state index contributed by atoms with van der Waals surface area (Å²) in [7, 11) is 0. The first-order valence-electron chi connectivity index (χ1n) is 18.1. The molecule has 52 heavy (non-hydrogen) atoms. The molecule has 0 atom stereocenters. The van der Waals surface area contributed by atoms with E-state index in [2.05, 4.69) is 204 Å². The minimum absolute atomic E-state index is 0.996. The Morgan fingerprint density at radius 1 is 0.250 bits per heavy atom. The molecule has 0 spiro atoms. The maximum absolute atomic E-state index is 2.36. The molecule has 0 fully saturated rings. The largest absolute Gasteiger partial charge is 0.310 e. The van der Waals surface area contributed by atoms with Crippen LogP contribution in [0.1, 0.15) is 22.3 Å². The Labute approximate surface area is 305 Å². The van der Waals surface area contributed by atoms with Crippen LogP contribution in [0.4, 0.5) is 34.1 Å². The second-order valence-electron chi connectivity index (χ2n) is 13.8. The van der Waals surface area contributed by atoms with E-state index < -0.39 is 0 Å². The van der Waals surface area contributed by atoms with Gasteiger partial charge in [-0.05, 0) is 141 Å². The standard InChI is InChI=1S/C50H36N2/c1-3-13-41(14-4-1)51(45-29-23-39-31-37-11-7-9-17-47(37)49(39)33-45)43-25-19-35(20-26-43)36-21-27-44(28-22-36)52(42-15-5-2-6-16-42)46-30-24-40-32-38-12-8-10-18-48(38)50(40)34-46/h1-30,33-34H,31-32H2. The average molecular weight is 665 g/mol. The van der Waals surface area contributed by atoms with Gasteiger partial charge in [-0.25, -0.2) is 0 Å². The molecule has 0 heterocycles. The summed E-state index contributed by atoms with van der Waals surface area (Å²) in [5.41, 5.74) is 20.2. The van der Waals surface area contributed by atoms with Gasteiger partial charge in [0.15, 0.2) is 0 Å². The third-order valence-corrected chi connectivity index (χ3v) is 10.7. The molecule has 0 unspecified atom stereocenters. The normalized spacial score (nSPS) is 12.1. The molecule has 0 radical (unpaired) electrons. The summed E-state index contributed by atoms with van der Waals surface area (Å²) in [6.07, 6.45) is 1.99. The lowest BCUT2D eigenvalue weighted by atomic mass is 10.0. The molecule has 2 nitrogen and oxygen atoms in total. The van der Waals surface area contributed by atoms with Crippen LogP contribution in [0.5, 0.6) is 0 Å². The van der Waals surface area contributed by atoms with Gasteiger partial charge in [-0.15, -0.1) is 0 Å². The van der Waals surface area contributed by atoms with Gasteiger partial charge in [-0.2, -0.15) is 0 Å². The summed E-state index contributed by atoms with van der Waals surface area (Å²) < 4.78 is 0. The first kappa shape index (κ1) is 30.2. The average Bonchev–Trinajstić information content (AvgIpc) is 3.77. The van der Waals surface area contributed by atoms with Crippen molar-refractivity contribution in [2.75, 3.05) is 9.80 Å². The highest BCUT2D eigenvalue weighted by Crippen LogP contribution is 2.44. The smallest absolute Gasteiger partial charge is 0.0467 e. The summed E-state index contributed by atoms with van der Waals surface area (Å²) in [6, 6.07) is 70.8. The molecular weight excluding hydrogens is 629 g/mol. The number of anilines is 6. The quantitative estimate of drug-likeness (QED) is 0.167. The summed E-state index contributed by atoms with van der Waals surface area (Å²) in [4.78, 5) is 4.72. The Kier molecular flexibility index (Phi) is 7.32. The number of rotatable bonds is 7. The van der Waals surface area contributed by atoms with E-state index in [0.717, 1.165) is 47.0 Å². The number of hydrogen-bond donors (Lipinski definition) is 0. The maximum atomic E-state index is 2.36. The highest BCUT2D eigenvalue weighted by molar-refractivity contribution is 5.87. The minimum Gasteiger partial charge on any atom is -0.310 e. The van der Waals surface area contributed by atoms with Gasteiger partial charge in [0, 0.05) is 34.1 Å². The third-order valence-electron chi connectivity index (χ3n) is 10.7. The zero-order chi connectivity index (χ0) is 34.4. The van der Waals surface area contributed by atoms with E-state index in [1.807, 2.05) is 0 Å². The van der Waals surface area contributed by atoms with Crippen LogP contribution in [-0.4, -0.2) is 0 Å². The first-order chi connectivity index (χ1) is 25.8. The predicted molar refractivity (Wildman–Crippen MR) is 218 cm³/mol. The van der Waals surface area contributed by atoms with Crippen molar-refractivity contribution >= 4 is 34.1 Å². The van der Waals surface area contributed by atoms with Crippen molar-refractivity contribution in [2.45, 2.75) is 12.8 Å². The number of benzene rings is 8. The Balaban J connectivity index is 0.979. The zero-order valence-electron chi connectivity index (χ0n) is 28.8. The third kappa shape index (κ3) is 5.28. The lowest BCUT2D eigenvalue weighted by molar-refractivity contribution is 1.24. The summed E-state index contributed by atoms with van der Waals surface area (Å²) in [5.74, 6) is 0. The van der Waals surface area contributed by atoms with Crippen LogP contribution < -0.4 is 9.80 Å².